The average Bonchev–Trinajstić information content (AvgIpc) is 2.84. The number of benzene rings is 1. The Labute approximate surface area is 240 Å². The number of aryl methyl sites for hydroxylation is 2. The fourth-order valence-electron chi connectivity index (χ4n) is 4.45. The van der Waals surface area contributed by atoms with Crippen molar-refractivity contribution in [2.45, 2.75) is 112 Å². The molecule has 0 saturated carbocycles. The quantitative estimate of drug-likeness (QED) is 0.220. The van der Waals surface area contributed by atoms with Gasteiger partial charge >= 0.3 is 12.1 Å². The maximum atomic E-state index is 14.3. The zero-order chi connectivity index (χ0) is 30.5. The number of hydrogen-bond donors (Lipinski definition) is 2. The number of hydrogen-bond acceptors (Lipinski definition) is 6. The van der Waals surface area contributed by atoms with E-state index in [1.165, 1.54) is 0 Å². The minimum atomic E-state index is -0.947. The Morgan fingerprint density at radius 1 is 0.975 bits per heavy atom. The summed E-state index contributed by atoms with van der Waals surface area (Å²) in [4.78, 5) is 54.3. The van der Waals surface area contributed by atoms with Crippen molar-refractivity contribution in [3.05, 3.63) is 34.9 Å². The highest BCUT2D eigenvalue weighted by Crippen LogP contribution is 2.27. The van der Waals surface area contributed by atoms with Crippen LogP contribution in [0.4, 0.5) is 4.79 Å². The van der Waals surface area contributed by atoms with Gasteiger partial charge in [-0.2, -0.15) is 0 Å². The molecule has 3 amide bonds. The first-order valence-corrected chi connectivity index (χ1v) is 14.5. The van der Waals surface area contributed by atoms with Crippen LogP contribution in [0.2, 0.25) is 0 Å². The van der Waals surface area contributed by atoms with E-state index in [0.29, 0.717) is 24.9 Å². The van der Waals surface area contributed by atoms with Gasteiger partial charge in [0.2, 0.25) is 11.8 Å². The van der Waals surface area contributed by atoms with Crippen LogP contribution in [-0.2, 0) is 23.9 Å². The number of ether oxygens (including phenoxy) is 2. The molecule has 0 aliphatic carbocycles. The van der Waals surface area contributed by atoms with E-state index in [2.05, 4.69) is 17.6 Å². The highest BCUT2D eigenvalue weighted by Gasteiger charge is 2.38. The summed E-state index contributed by atoms with van der Waals surface area (Å²) < 4.78 is 10.5. The first kappa shape index (κ1) is 34.9. The monoisotopic (exact) mass is 561 g/mol. The highest BCUT2D eigenvalue weighted by atomic mass is 16.6. The molecule has 3 atom stereocenters. The van der Waals surface area contributed by atoms with Crippen molar-refractivity contribution in [3.8, 4) is 0 Å². The van der Waals surface area contributed by atoms with E-state index in [-0.39, 0.29) is 37.3 Å². The minimum Gasteiger partial charge on any atom is -0.466 e. The lowest BCUT2D eigenvalue weighted by molar-refractivity contribution is -0.145. The maximum absolute atomic E-state index is 14.3. The molecular formula is C31H51N3O6. The van der Waals surface area contributed by atoms with Gasteiger partial charge in [-0.15, -0.1) is 0 Å². The summed E-state index contributed by atoms with van der Waals surface area (Å²) in [6, 6.07) is 3.98. The van der Waals surface area contributed by atoms with E-state index in [1.54, 1.807) is 32.6 Å². The predicted molar refractivity (Wildman–Crippen MR) is 157 cm³/mol. The molecule has 1 aromatic carbocycles. The third kappa shape index (κ3) is 12.0. The second kappa shape index (κ2) is 16.9. The van der Waals surface area contributed by atoms with Crippen LogP contribution in [0.5, 0.6) is 0 Å². The van der Waals surface area contributed by atoms with Crippen LogP contribution in [0, 0.1) is 19.8 Å². The van der Waals surface area contributed by atoms with Crippen molar-refractivity contribution in [1.82, 2.24) is 15.5 Å². The van der Waals surface area contributed by atoms with Crippen molar-refractivity contribution in [2.24, 2.45) is 5.92 Å². The summed E-state index contributed by atoms with van der Waals surface area (Å²) in [6.45, 7) is 17.5. The van der Waals surface area contributed by atoms with Crippen LogP contribution in [-0.4, -0.2) is 60.1 Å². The van der Waals surface area contributed by atoms with Gasteiger partial charge < -0.3 is 25.0 Å². The Morgan fingerprint density at radius 2 is 1.60 bits per heavy atom. The molecule has 226 valence electrons. The van der Waals surface area contributed by atoms with E-state index in [9.17, 15) is 19.2 Å². The summed E-state index contributed by atoms with van der Waals surface area (Å²) in [5.41, 5.74) is 1.88. The molecule has 1 rings (SSSR count). The average molecular weight is 562 g/mol. The van der Waals surface area contributed by atoms with Gasteiger partial charge in [-0.25, -0.2) is 4.79 Å². The zero-order valence-corrected chi connectivity index (χ0v) is 26.0. The van der Waals surface area contributed by atoms with Crippen LogP contribution in [0.3, 0.4) is 0 Å². The number of esters is 1. The molecule has 9 nitrogen and oxygen atoms in total. The fourth-order valence-corrected chi connectivity index (χ4v) is 4.45. The summed E-state index contributed by atoms with van der Waals surface area (Å²) in [6.07, 6.45) is 2.49. The molecule has 0 saturated heterocycles. The van der Waals surface area contributed by atoms with E-state index >= 15 is 0 Å². The molecule has 0 spiro atoms. The van der Waals surface area contributed by atoms with E-state index in [0.717, 1.165) is 24.0 Å². The normalized spacial score (nSPS) is 13.5. The van der Waals surface area contributed by atoms with Crippen LogP contribution in [0.25, 0.3) is 0 Å². The molecule has 1 aromatic rings. The molecule has 2 N–H and O–H groups in total. The number of carbonyl (C=O) groups is 4. The summed E-state index contributed by atoms with van der Waals surface area (Å²) in [7, 11) is 0. The van der Waals surface area contributed by atoms with Gasteiger partial charge in [0, 0.05) is 13.1 Å². The van der Waals surface area contributed by atoms with Crippen molar-refractivity contribution in [3.63, 3.8) is 0 Å². The van der Waals surface area contributed by atoms with Crippen molar-refractivity contribution in [2.75, 3.05) is 19.7 Å². The van der Waals surface area contributed by atoms with Crippen molar-refractivity contribution < 1.29 is 28.7 Å². The topological polar surface area (TPSA) is 114 Å². The number of nitrogens with one attached hydrogen (secondary N) is 2. The molecule has 0 aliphatic heterocycles. The van der Waals surface area contributed by atoms with Gasteiger partial charge in [0.05, 0.1) is 13.0 Å². The first-order chi connectivity index (χ1) is 18.7. The zero-order valence-electron chi connectivity index (χ0n) is 26.0. The summed E-state index contributed by atoms with van der Waals surface area (Å²) in [5, 5.41) is 5.63. The Balaban J connectivity index is 3.52. The largest absolute Gasteiger partial charge is 0.466 e. The van der Waals surface area contributed by atoms with Gasteiger partial charge in [-0.1, -0.05) is 69.4 Å². The lowest BCUT2D eigenvalue weighted by Gasteiger charge is -2.36. The van der Waals surface area contributed by atoms with Gasteiger partial charge in [-0.05, 0) is 59.4 Å². The number of amides is 3. The van der Waals surface area contributed by atoms with Crippen LogP contribution in [0.1, 0.15) is 103 Å². The molecule has 40 heavy (non-hydrogen) atoms. The third-order valence-electron chi connectivity index (χ3n) is 6.49. The smallest absolute Gasteiger partial charge is 0.408 e. The standard InChI is InChI=1S/C31H51N3O6/c1-10-13-14-17-34(29(37)26(23(6)11-2)33-30(38)40-31(7,8)9)27(24-19-21(4)18-22(5)20-24)28(36)32-16-15-25(35)39-12-3/h18-20,23,26-27H,10-17H2,1-9H3,(H,32,36)(H,33,38). The van der Waals surface area contributed by atoms with E-state index < -0.39 is 29.7 Å². The van der Waals surface area contributed by atoms with Gasteiger partial charge in [0.1, 0.15) is 17.7 Å². The molecule has 9 heteroatoms. The number of carbonyl (C=O) groups excluding carboxylic acids is 4. The number of rotatable bonds is 15. The second-order valence-corrected chi connectivity index (χ2v) is 11.4. The number of unbranched alkanes of at least 4 members (excludes halogenated alkanes) is 2. The minimum absolute atomic E-state index is 0.0264. The Morgan fingerprint density at radius 3 is 2.12 bits per heavy atom. The summed E-state index contributed by atoms with van der Waals surface area (Å²) in [5.74, 6) is -1.35. The molecule has 0 fully saturated rings. The SMILES string of the molecule is CCCCCN(C(=O)C(NC(=O)OC(C)(C)C)C(C)CC)C(C(=O)NCCC(=O)OCC)c1cc(C)cc(C)c1. The molecule has 0 aromatic heterocycles. The number of alkyl carbamates (subject to hydrolysis) is 1. The second-order valence-electron chi connectivity index (χ2n) is 11.4. The molecule has 0 radical (unpaired) electrons. The lowest BCUT2D eigenvalue weighted by Crippen LogP contribution is -2.55. The molecule has 3 unspecified atom stereocenters. The molecule has 0 bridgehead atoms. The Hall–Kier alpha value is -3.10. The van der Waals surface area contributed by atoms with Gasteiger partial charge in [-0.3, -0.25) is 14.4 Å². The highest BCUT2D eigenvalue weighted by molar-refractivity contribution is 5.92. The maximum Gasteiger partial charge on any atom is 0.408 e. The Bertz CT molecular complexity index is 968. The Kier molecular flexibility index (Phi) is 14.7. The van der Waals surface area contributed by atoms with E-state index in [4.69, 9.17) is 9.47 Å². The van der Waals surface area contributed by atoms with Crippen molar-refractivity contribution >= 4 is 23.9 Å². The van der Waals surface area contributed by atoms with Gasteiger partial charge in [0.15, 0.2) is 0 Å². The van der Waals surface area contributed by atoms with Crippen molar-refractivity contribution in [1.29, 1.82) is 0 Å². The molecular weight excluding hydrogens is 510 g/mol. The van der Waals surface area contributed by atoms with Crippen LogP contribution < -0.4 is 10.6 Å². The predicted octanol–water partition coefficient (Wildman–Crippen LogP) is 5.37. The van der Waals surface area contributed by atoms with Gasteiger partial charge in [0.25, 0.3) is 0 Å². The van der Waals surface area contributed by atoms with Crippen LogP contribution in [0.15, 0.2) is 18.2 Å². The first-order valence-electron chi connectivity index (χ1n) is 14.5. The fraction of sp³-hybridized carbons (Fsp3) is 0.677. The van der Waals surface area contributed by atoms with E-state index in [1.807, 2.05) is 45.9 Å². The summed E-state index contributed by atoms with van der Waals surface area (Å²) >= 11 is 0. The third-order valence-corrected chi connectivity index (χ3v) is 6.49. The molecule has 0 aliphatic rings. The van der Waals surface area contributed by atoms with Crippen LogP contribution >= 0.6 is 0 Å². The molecule has 0 heterocycles. The lowest BCUT2D eigenvalue weighted by atomic mass is 9.94. The number of nitrogens with zero attached hydrogens (tertiary/aromatic N) is 1.